The van der Waals surface area contributed by atoms with Crippen molar-refractivity contribution in [3.63, 3.8) is 0 Å². The minimum Gasteiger partial charge on any atom is -0.322 e. The van der Waals surface area contributed by atoms with Gasteiger partial charge in [-0.05, 0) is 60.9 Å². The van der Waals surface area contributed by atoms with Gasteiger partial charge in [0.1, 0.15) is 4.83 Å². The zero-order valence-corrected chi connectivity index (χ0v) is 15.8. The second-order valence-corrected chi connectivity index (χ2v) is 7.37. The fourth-order valence-electron chi connectivity index (χ4n) is 2.68. The van der Waals surface area contributed by atoms with Gasteiger partial charge in [-0.25, -0.2) is 8.94 Å². The summed E-state index contributed by atoms with van der Waals surface area (Å²) >= 11 is 7.46. The van der Waals surface area contributed by atoms with Crippen LogP contribution in [0.25, 0.3) is 15.9 Å². The Morgan fingerprint density at radius 3 is 2.67 bits per heavy atom. The second-order valence-electron chi connectivity index (χ2n) is 6.03. The number of pyridine rings is 1. The van der Waals surface area contributed by atoms with Gasteiger partial charge in [0.15, 0.2) is 0 Å². The number of nitrogens with zero attached hydrogens (tertiary/aromatic N) is 2. The Balaban J connectivity index is 1.72. The van der Waals surface area contributed by atoms with E-state index in [1.807, 2.05) is 31.2 Å². The van der Waals surface area contributed by atoms with Crippen LogP contribution in [0.5, 0.6) is 0 Å². The Labute approximate surface area is 164 Å². The summed E-state index contributed by atoms with van der Waals surface area (Å²) in [6, 6.07) is 15.9. The number of rotatable bonds is 3. The first-order valence-electron chi connectivity index (χ1n) is 8.18. The van der Waals surface area contributed by atoms with Crippen LogP contribution in [0, 0.1) is 6.92 Å². The predicted molar refractivity (Wildman–Crippen MR) is 109 cm³/mol. The molecule has 0 aliphatic rings. The van der Waals surface area contributed by atoms with E-state index in [-0.39, 0.29) is 11.5 Å². The number of carbonyl (C=O) groups is 1. The Morgan fingerprint density at radius 2 is 1.93 bits per heavy atom. The molecule has 4 rings (SSSR count). The summed E-state index contributed by atoms with van der Waals surface area (Å²) in [6.45, 7) is 1.98. The summed E-state index contributed by atoms with van der Waals surface area (Å²) in [4.78, 5) is 30.1. The largest absolute Gasteiger partial charge is 0.322 e. The van der Waals surface area contributed by atoms with Crippen molar-refractivity contribution in [3.8, 4) is 5.69 Å². The lowest BCUT2D eigenvalue weighted by molar-refractivity contribution is 0.102. The fourth-order valence-corrected chi connectivity index (χ4v) is 3.82. The normalized spacial score (nSPS) is 10.9. The Kier molecular flexibility index (Phi) is 4.51. The van der Waals surface area contributed by atoms with Crippen LogP contribution < -0.4 is 10.9 Å². The number of fused-ring (bicyclic) bond motifs is 1. The van der Waals surface area contributed by atoms with Crippen LogP contribution in [0.1, 0.15) is 15.9 Å². The van der Waals surface area contributed by atoms with Crippen molar-refractivity contribution >= 4 is 44.9 Å². The molecule has 134 valence electrons. The van der Waals surface area contributed by atoms with E-state index in [1.54, 1.807) is 36.5 Å². The van der Waals surface area contributed by atoms with Crippen molar-refractivity contribution in [2.45, 2.75) is 6.92 Å². The van der Waals surface area contributed by atoms with Crippen LogP contribution in [0.4, 0.5) is 5.69 Å². The predicted octanol–water partition coefficient (Wildman–Crippen LogP) is 4.66. The molecule has 0 unspecified atom stereocenters. The number of carbonyl (C=O) groups excluding carboxylic acids is 1. The minimum absolute atomic E-state index is 0.171. The van der Waals surface area contributed by atoms with E-state index in [2.05, 4.69) is 10.3 Å². The van der Waals surface area contributed by atoms with Gasteiger partial charge in [0.25, 0.3) is 11.5 Å². The van der Waals surface area contributed by atoms with Crippen LogP contribution in [0.3, 0.4) is 0 Å². The number of aromatic nitrogens is 2. The molecule has 0 spiro atoms. The highest BCUT2D eigenvalue weighted by molar-refractivity contribution is 7.13. The number of nitrogens with one attached hydrogen (secondary N) is 1. The highest BCUT2D eigenvalue weighted by Gasteiger charge is 2.15. The van der Waals surface area contributed by atoms with Crippen molar-refractivity contribution in [2.24, 2.45) is 0 Å². The van der Waals surface area contributed by atoms with Crippen LogP contribution in [0.2, 0.25) is 5.02 Å². The van der Waals surface area contributed by atoms with E-state index in [9.17, 15) is 9.59 Å². The van der Waals surface area contributed by atoms with Crippen LogP contribution >= 0.6 is 23.1 Å². The van der Waals surface area contributed by atoms with Gasteiger partial charge in [0.05, 0.1) is 21.7 Å². The molecule has 27 heavy (non-hydrogen) atoms. The number of aryl methyl sites for hydroxylation is 1. The maximum absolute atomic E-state index is 12.7. The number of halogens is 1. The van der Waals surface area contributed by atoms with Crippen molar-refractivity contribution in [1.82, 2.24) is 8.94 Å². The van der Waals surface area contributed by atoms with E-state index in [0.717, 1.165) is 5.56 Å². The summed E-state index contributed by atoms with van der Waals surface area (Å²) < 4.78 is 1.51. The van der Waals surface area contributed by atoms with Crippen LogP contribution in [0.15, 0.2) is 65.6 Å². The van der Waals surface area contributed by atoms with Crippen molar-refractivity contribution in [2.75, 3.05) is 5.32 Å². The second kappa shape index (κ2) is 6.98. The van der Waals surface area contributed by atoms with Crippen LogP contribution in [-0.4, -0.2) is 14.8 Å². The van der Waals surface area contributed by atoms with Crippen molar-refractivity contribution < 1.29 is 4.79 Å². The third-order valence-electron chi connectivity index (χ3n) is 4.10. The highest BCUT2D eigenvalue weighted by Crippen LogP contribution is 2.24. The van der Waals surface area contributed by atoms with Gasteiger partial charge in [-0.1, -0.05) is 29.3 Å². The zero-order valence-electron chi connectivity index (χ0n) is 14.3. The summed E-state index contributed by atoms with van der Waals surface area (Å²) in [5.74, 6) is -0.335. The van der Waals surface area contributed by atoms with Gasteiger partial charge in [0.2, 0.25) is 0 Å². The average Bonchev–Trinajstić information content (AvgIpc) is 3.01. The molecule has 7 heteroatoms. The van der Waals surface area contributed by atoms with E-state index in [1.165, 1.54) is 15.5 Å². The molecular weight excluding hydrogens is 382 g/mol. The topological polar surface area (TPSA) is 64.0 Å². The first-order chi connectivity index (χ1) is 13.0. The summed E-state index contributed by atoms with van der Waals surface area (Å²) in [5.41, 5.74) is 2.48. The maximum atomic E-state index is 12.7. The molecule has 0 radical (unpaired) electrons. The lowest BCUT2D eigenvalue weighted by Gasteiger charge is -2.09. The zero-order chi connectivity index (χ0) is 19.0. The molecule has 2 aromatic heterocycles. The summed E-state index contributed by atoms with van der Waals surface area (Å²) in [6.07, 6.45) is 1.64. The Bertz CT molecular complexity index is 1210. The van der Waals surface area contributed by atoms with Gasteiger partial charge >= 0.3 is 0 Å². The van der Waals surface area contributed by atoms with Crippen molar-refractivity contribution in [3.05, 3.63) is 87.3 Å². The lowest BCUT2D eigenvalue weighted by atomic mass is 10.1. The van der Waals surface area contributed by atoms with E-state index in [0.29, 0.717) is 32.2 Å². The molecule has 0 saturated carbocycles. The molecule has 0 fully saturated rings. The maximum Gasteiger partial charge on any atom is 0.274 e. The molecule has 0 atom stereocenters. The molecule has 2 aromatic carbocycles. The fraction of sp³-hybridized carbons (Fsp3) is 0.0500. The Morgan fingerprint density at radius 1 is 1.15 bits per heavy atom. The van der Waals surface area contributed by atoms with Gasteiger partial charge in [-0.15, -0.1) is 0 Å². The summed E-state index contributed by atoms with van der Waals surface area (Å²) in [5, 5.41) is 3.69. The van der Waals surface area contributed by atoms with Gasteiger partial charge < -0.3 is 5.32 Å². The van der Waals surface area contributed by atoms with Gasteiger partial charge in [-0.3, -0.25) is 9.59 Å². The SMILES string of the molecule is Cc1ccc(NC(=O)c2cc(-n3sc4ncccc4c3=O)ccc2Cl)cc1. The number of amides is 1. The molecule has 2 heterocycles. The highest BCUT2D eigenvalue weighted by atomic mass is 35.5. The van der Waals surface area contributed by atoms with E-state index >= 15 is 0 Å². The monoisotopic (exact) mass is 395 g/mol. The first kappa shape index (κ1) is 17.5. The molecule has 1 N–H and O–H groups in total. The Hall–Kier alpha value is -2.96. The molecular formula is C20H14ClN3O2S. The van der Waals surface area contributed by atoms with E-state index < -0.39 is 0 Å². The molecule has 1 amide bonds. The average molecular weight is 396 g/mol. The van der Waals surface area contributed by atoms with Crippen LogP contribution in [-0.2, 0) is 0 Å². The first-order valence-corrected chi connectivity index (χ1v) is 9.33. The molecule has 5 nitrogen and oxygen atoms in total. The molecule has 0 aliphatic carbocycles. The minimum atomic E-state index is -0.335. The molecule has 0 aliphatic heterocycles. The van der Waals surface area contributed by atoms with Gasteiger partial charge in [-0.2, -0.15) is 0 Å². The third kappa shape index (κ3) is 3.37. The molecule has 4 aromatic rings. The lowest BCUT2D eigenvalue weighted by Crippen LogP contribution is -2.15. The number of hydrogen-bond acceptors (Lipinski definition) is 4. The quantitative estimate of drug-likeness (QED) is 0.548. The number of benzene rings is 2. The van der Waals surface area contributed by atoms with E-state index in [4.69, 9.17) is 11.6 Å². The molecule has 0 bridgehead atoms. The van der Waals surface area contributed by atoms with Crippen molar-refractivity contribution in [1.29, 1.82) is 0 Å². The number of hydrogen-bond donors (Lipinski definition) is 1. The summed E-state index contributed by atoms with van der Waals surface area (Å²) in [7, 11) is 0. The number of anilines is 1. The molecule has 0 saturated heterocycles. The standard InChI is InChI=1S/C20H14ClN3O2S/c1-12-4-6-13(7-5-12)23-18(25)16-11-14(8-9-17(16)21)24-20(26)15-3-2-10-22-19(15)27-24/h2-11H,1H3,(H,23,25). The third-order valence-corrected chi connectivity index (χ3v) is 5.49. The van der Waals surface area contributed by atoms with Gasteiger partial charge in [0, 0.05) is 11.9 Å². The smallest absolute Gasteiger partial charge is 0.274 e.